The van der Waals surface area contributed by atoms with E-state index in [0.717, 1.165) is 12.8 Å². The topological polar surface area (TPSA) is 66.5 Å². The minimum Gasteiger partial charge on any atom is -0.324 e. The molecule has 0 unspecified atom stereocenters. The Balaban J connectivity index is 1.91. The summed E-state index contributed by atoms with van der Waals surface area (Å²) in [4.78, 5) is 13.9. The molecule has 0 saturated carbocycles. The molecule has 0 aromatic heterocycles. The maximum Gasteiger partial charge on any atom is 0.264 e. The van der Waals surface area contributed by atoms with E-state index in [4.69, 9.17) is 0 Å². The van der Waals surface area contributed by atoms with Gasteiger partial charge in [-0.1, -0.05) is 24.3 Å². The highest BCUT2D eigenvalue weighted by Crippen LogP contribution is 2.25. The first-order chi connectivity index (χ1) is 13.9. The fourth-order valence-electron chi connectivity index (χ4n) is 2.67. The Hall–Kier alpha value is -2.04. The van der Waals surface area contributed by atoms with Crippen LogP contribution in [0.15, 0.2) is 88.7 Å². The monoisotopic (exact) mass is 538 g/mol. The first-order valence-electron chi connectivity index (χ1n) is 8.67. The van der Waals surface area contributed by atoms with Gasteiger partial charge in [0.15, 0.2) is 0 Å². The summed E-state index contributed by atoms with van der Waals surface area (Å²) in [6, 6.07) is 22.5. The molecular weight excluding hydrogens is 519 g/mol. The second-order valence-electron chi connectivity index (χ2n) is 6.08. The molecular formula is C21H19IN2O3S2. The van der Waals surface area contributed by atoms with Crippen molar-refractivity contribution in [3.05, 3.63) is 82.4 Å². The number of halogens is 1. The molecule has 8 heteroatoms. The maximum absolute atomic E-state index is 13.2. The standard InChI is InChI=1S/C21H19IN2O3S2/c1-28-19-7-5-6-17(14-19)23-21(25)15-24(18-12-10-16(22)11-13-18)29(26,27)20-8-3-2-4-9-20/h2-14H,15H2,1H3,(H,23,25). The molecule has 150 valence electrons. The minimum absolute atomic E-state index is 0.135. The van der Waals surface area contributed by atoms with E-state index in [2.05, 4.69) is 27.9 Å². The lowest BCUT2D eigenvalue weighted by Gasteiger charge is -2.24. The number of amides is 1. The summed E-state index contributed by atoms with van der Waals surface area (Å²) < 4.78 is 28.6. The van der Waals surface area contributed by atoms with Gasteiger partial charge in [-0.3, -0.25) is 9.10 Å². The third-order valence-corrected chi connectivity index (χ3v) is 7.32. The second-order valence-corrected chi connectivity index (χ2v) is 10.1. The molecule has 1 amide bonds. The summed E-state index contributed by atoms with van der Waals surface area (Å²) in [5.74, 6) is -0.415. The lowest BCUT2D eigenvalue weighted by Crippen LogP contribution is -2.38. The largest absolute Gasteiger partial charge is 0.324 e. The molecule has 5 nitrogen and oxygen atoms in total. The van der Waals surface area contributed by atoms with E-state index in [1.54, 1.807) is 48.2 Å². The molecule has 3 rings (SSSR count). The van der Waals surface area contributed by atoms with Crippen LogP contribution in [0.1, 0.15) is 0 Å². The minimum atomic E-state index is -3.90. The Morgan fingerprint density at radius 2 is 1.69 bits per heavy atom. The molecule has 0 saturated heterocycles. The molecule has 0 radical (unpaired) electrons. The van der Waals surface area contributed by atoms with E-state index >= 15 is 0 Å². The Bertz CT molecular complexity index is 1090. The Morgan fingerprint density at radius 1 is 1.00 bits per heavy atom. The number of carbonyl (C=O) groups is 1. The molecule has 0 aliphatic rings. The molecule has 0 heterocycles. The van der Waals surface area contributed by atoms with Gasteiger partial charge in [0.1, 0.15) is 6.54 Å². The van der Waals surface area contributed by atoms with Gasteiger partial charge in [0.2, 0.25) is 5.91 Å². The smallest absolute Gasteiger partial charge is 0.264 e. The molecule has 29 heavy (non-hydrogen) atoms. The van der Waals surface area contributed by atoms with E-state index in [-0.39, 0.29) is 11.4 Å². The van der Waals surface area contributed by atoms with E-state index in [1.807, 2.05) is 36.6 Å². The molecule has 0 atom stereocenters. The van der Waals surface area contributed by atoms with Gasteiger partial charge in [-0.25, -0.2) is 8.42 Å². The van der Waals surface area contributed by atoms with Crippen molar-refractivity contribution in [1.29, 1.82) is 0 Å². The third kappa shape index (κ3) is 5.52. The highest BCUT2D eigenvalue weighted by atomic mass is 127. The SMILES string of the molecule is CSc1cccc(NC(=O)CN(c2ccc(I)cc2)S(=O)(=O)c2ccccc2)c1. The fourth-order valence-corrected chi connectivity index (χ4v) is 4.93. The first-order valence-corrected chi connectivity index (χ1v) is 12.4. The van der Waals surface area contributed by atoms with Crippen molar-refractivity contribution in [3.63, 3.8) is 0 Å². The van der Waals surface area contributed by atoms with Crippen LogP contribution in [0, 0.1) is 3.57 Å². The van der Waals surface area contributed by atoms with Crippen LogP contribution >= 0.6 is 34.4 Å². The van der Waals surface area contributed by atoms with E-state index < -0.39 is 15.9 Å². The first kappa shape index (κ1) is 21.7. The van der Waals surface area contributed by atoms with Crippen molar-refractivity contribution in [2.75, 3.05) is 22.4 Å². The number of sulfonamides is 1. The van der Waals surface area contributed by atoms with Crippen LogP contribution in [0.4, 0.5) is 11.4 Å². The molecule has 0 aliphatic carbocycles. The van der Waals surface area contributed by atoms with Crippen molar-refractivity contribution < 1.29 is 13.2 Å². The van der Waals surface area contributed by atoms with Crippen LogP contribution in [-0.2, 0) is 14.8 Å². The molecule has 0 bridgehead atoms. The van der Waals surface area contributed by atoms with Gasteiger partial charge >= 0.3 is 0 Å². The second kappa shape index (κ2) is 9.64. The van der Waals surface area contributed by atoms with Gasteiger partial charge in [0, 0.05) is 14.2 Å². The molecule has 0 aliphatic heterocycles. The van der Waals surface area contributed by atoms with Crippen molar-refractivity contribution in [2.45, 2.75) is 9.79 Å². The zero-order chi connectivity index (χ0) is 20.9. The summed E-state index contributed by atoms with van der Waals surface area (Å²) in [5, 5.41) is 2.79. The highest BCUT2D eigenvalue weighted by molar-refractivity contribution is 14.1. The number of rotatable bonds is 7. The number of carbonyl (C=O) groups excluding carboxylic acids is 1. The number of nitrogens with one attached hydrogen (secondary N) is 1. The van der Waals surface area contributed by atoms with Gasteiger partial charge in [-0.15, -0.1) is 11.8 Å². The van der Waals surface area contributed by atoms with E-state index in [0.29, 0.717) is 11.4 Å². The average Bonchev–Trinajstić information content (AvgIpc) is 2.73. The fraction of sp³-hybridized carbons (Fsp3) is 0.0952. The van der Waals surface area contributed by atoms with Crippen molar-refractivity contribution >= 4 is 61.7 Å². The summed E-state index contributed by atoms with van der Waals surface area (Å²) >= 11 is 3.72. The van der Waals surface area contributed by atoms with Crippen LogP contribution in [0.5, 0.6) is 0 Å². The van der Waals surface area contributed by atoms with Crippen LogP contribution in [0.25, 0.3) is 0 Å². The molecule has 3 aromatic rings. The van der Waals surface area contributed by atoms with E-state index in [1.165, 1.54) is 12.1 Å². The van der Waals surface area contributed by atoms with Crippen LogP contribution in [0.2, 0.25) is 0 Å². The zero-order valence-electron chi connectivity index (χ0n) is 15.6. The number of nitrogens with zero attached hydrogens (tertiary/aromatic N) is 1. The van der Waals surface area contributed by atoms with Gasteiger partial charge in [0.05, 0.1) is 10.6 Å². The van der Waals surface area contributed by atoms with Crippen LogP contribution < -0.4 is 9.62 Å². The number of anilines is 2. The van der Waals surface area contributed by atoms with Crippen molar-refractivity contribution in [2.24, 2.45) is 0 Å². The lowest BCUT2D eigenvalue weighted by molar-refractivity contribution is -0.114. The van der Waals surface area contributed by atoms with Gasteiger partial charge < -0.3 is 5.32 Å². The molecule has 3 aromatic carbocycles. The van der Waals surface area contributed by atoms with Gasteiger partial charge in [-0.05, 0) is 83.4 Å². The molecule has 0 spiro atoms. The summed E-state index contributed by atoms with van der Waals surface area (Å²) in [7, 11) is -3.90. The molecule has 1 N–H and O–H groups in total. The molecule has 0 fully saturated rings. The number of benzene rings is 3. The summed E-state index contributed by atoms with van der Waals surface area (Å²) in [6.45, 7) is -0.332. The number of hydrogen-bond donors (Lipinski definition) is 1. The number of thioether (sulfide) groups is 1. The Kier molecular flexibility index (Phi) is 7.20. The number of hydrogen-bond acceptors (Lipinski definition) is 4. The van der Waals surface area contributed by atoms with Crippen LogP contribution in [0.3, 0.4) is 0 Å². The predicted octanol–water partition coefficient (Wildman–Crippen LogP) is 4.85. The summed E-state index contributed by atoms with van der Waals surface area (Å²) in [5.41, 5.74) is 1.06. The van der Waals surface area contributed by atoms with Crippen molar-refractivity contribution in [1.82, 2.24) is 0 Å². The summed E-state index contributed by atoms with van der Waals surface area (Å²) in [6.07, 6.45) is 1.95. The van der Waals surface area contributed by atoms with Crippen molar-refractivity contribution in [3.8, 4) is 0 Å². The maximum atomic E-state index is 13.2. The predicted molar refractivity (Wildman–Crippen MR) is 127 cm³/mol. The lowest BCUT2D eigenvalue weighted by atomic mass is 10.3. The van der Waals surface area contributed by atoms with Gasteiger partial charge in [0.25, 0.3) is 10.0 Å². The van der Waals surface area contributed by atoms with E-state index in [9.17, 15) is 13.2 Å². The van der Waals surface area contributed by atoms with Gasteiger partial charge in [-0.2, -0.15) is 0 Å². The normalized spacial score (nSPS) is 11.1. The van der Waals surface area contributed by atoms with Crippen LogP contribution in [-0.4, -0.2) is 27.1 Å². The third-order valence-electron chi connectivity index (χ3n) is 4.09. The average molecular weight is 538 g/mol. The highest BCUT2D eigenvalue weighted by Gasteiger charge is 2.27. The Labute approximate surface area is 188 Å². The quantitative estimate of drug-likeness (QED) is 0.345. The zero-order valence-corrected chi connectivity index (χ0v) is 19.4. The Morgan fingerprint density at radius 3 is 2.34 bits per heavy atom.